The Hall–Kier alpha value is -3.61. The fraction of sp³-hybridized carbons (Fsp3) is 0.190. The Kier molecular flexibility index (Phi) is 5.74. The molecule has 7 nitrogen and oxygen atoms in total. The van der Waals surface area contributed by atoms with E-state index in [1.165, 1.54) is 19.1 Å². The largest absolute Gasteiger partial charge is 0.452 e. The number of hydrogen-bond donors (Lipinski definition) is 2. The van der Waals surface area contributed by atoms with Crippen molar-refractivity contribution >= 4 is 34.4 Å². The fourth-order valence-electron chi connectivity index (χ4n) is 2.82. The van der Waals surface area contributed by atoms with Gasteiger partial charge in [-0.2, -0.15) is 0 Å². The Balaban J connectivity index is 1.50. The third kappa shape index (κ3) is 4.56. The van der Waals surface area contributed by atoms with Gasteiger partial charge in [0.1, 0.15) is 0 Å². The summed E-state index contributed by atoms with van der Waals surface area (Å²) >= 11 is 0. The van der Waals surface area contributed by atoms with Crippen LogP contribution in [0.25, 0.3) is 10.9 Å². The summed E-state index contributed by atoms with van der Waals surface area (Å²) in [5.41, 5.74) is 7.04. The number of fused-ring (bicyclic) bond motifs is 1. The molecule has 0 saturated carbocycles. The first-order valence-corrected chi connectivity index (χ1v) is 8.88. The molecule has 0 aliphatic heterocycles. The summed E-state index contributed by atoms with van der Waals surface area (Å²) in [7, 11) is 0. The maximum atomic E-state index is 12.2. The molecule has 3 rings (SSSR count). The number of ether oxygens (including phenoxy) is 1. The van der Waals surface area contributed by atoms with E-state index in [0.717, 1.165) is 10.9 Å². The van der Waals surface area contributed by atoms with Crippen LogP contribution in [0.3, 0.4) is 0 Å². The molecule has 144 valence electrons. The third-order valence-corrected chi connectivity index (χ3v) is 4.35. The van der Waals surface area contributed by atoms with Crippen LogP contribution in [0.4, 0.5) is 5.69 Å². The van der Waals surface area contributed by atoms with Gasteiger partial charge < -0.3 is 20.4 Å². The molecule has 1 unspecified atom stereocenters. The first-order chi connectivity index (χ1) is 13.4. The summed E-state index contributed by atoms with van der Waals surface area (Å²) in [5.74, 6) is -1.45. The Morgan fingerprint density at radius 3 is 2.50 bits per heavy atom. The molecule has 1 aromatic heterocycles. The topological polar surface area (TPSA) is 103 Å². The molecule has 1 atom stereocenters. The number of aromatic nitrogens is 1. The molecule has 0 spiro atoms. The number of nitrogens with zero attached hydrogens (tertiary/aromatic N) is 1. The van der Waals surface area contributed by atoms with Crippen LogP contribution in [0, 0.1) is 0 Å². The molecule has 3 aromatic rings. The lowest BCUT2D eigenvalue weighted by atomic mass is 10.2. The van der Waals surface area contributed by atoms with E-state index in [2.05, 4.69) is 5.32 Å². The van der Waals surface area contributed by atoms with Crippen molar-refractivity contribution in [2.75, 3.05) is 5.32 Å². The lowest BCUT2D eigenvalue weighted by Gasteiger charge is -2.14. The van der Waals surface area contributed by atoms with Crippen LogP contribution in [0.15, 0.2) is 60.8 Å². The van der Waals surface area contributed by atoms with E-state index in [0.29, 0.717) is 17.8 Å². The molecule has 2 aromatic carbocycles. The van der Waals surface area contributed by atoms with Crippen molar-refractivity contribution in [2.24, 2.45) is 5.73 Å². The molecule has 0 saturated heterocycles. The molecular weight excluding hydrogens is 358 g/mol. The second-order valence-corrected chi connectivity index (χ2v) is 6.38. The van der Waals surface area contributed by atoms with Crippen LogP contribution in [0.1, 0.15) is 23.7 Å². The van der Waals surface area contributed by atoms with Crippen LogP contribution < -0.4 is 11.1 Å². The van der Waals surface area contributed by atoms with Crippen molar-refractivity contribution in [3.8, 4) is 0 Å². The molecule has 0 bridgehead atoms. The van der Waals surface area contributed by atoms with Gasteiger partial charge in [-0.05, 0) is 48.7 Å². The molecule has 0 aliphatic rings. The monoisotopic (exact) mass is 379 g/mol. The molecule has 1 heterocycles. The third-order valence-electron chi connectivity index (χ3n) is 4.35. The van der Waals surface area contributed by atoms with E-state index in [4.69, 9.17) is 10.5 Å². The number of hydrogen-bond acceptors (Lipinski definition) is 4. The van der Waals surface area contributed by atoms with E-state index < -0.39 is 23.9 Å². The van der Waals surface area contributed by atoms with Gasteiger partial charge in [0.15, 0.2) is 6.10 Å². The molecular formula is C21H21N3O4. The van der Waals surface area contributed by atoms with Gasteiger partial charge in [-0.1, -0.05) is 18.2 Å². The lowest BCUT2D eigenvalue weighted by molar-refractivity contribution is -0.153. The molecule has 0 radical (unpaired) electrons. The van der Waals surface area contributed by atoms with E-state index in [1.807, 2.05) is 41.1 Å². The highest BCUT2D eigenvalue weighted by molar-refractivity contribution is 5.96. The highest BCUT2D eigenvalue weighted by Crippen LogP contribution is 2.16. The van der Waals surface area contributed by atoms with Gasteiger partial charge in [0, 0.05) is 29.5 Å². The number of para-hydroxylation sites is 1. The van der Waals surface area contributed by atoms with E-state index in [1.54, 1.807) is 12.1 Å². The summed E-state index contributed by atoms with van der Waals surface area (Å²) in [6, 6.07) is 16.0. The number of nitrogens with two attached hydrogens (primary N) is 1. The summed E-state index contributed by atoms with van der Waals surface area (Å²) in [6.45, 7) is 1.98. The highest BCUT2D eigenvalue weighted by Gasteiger charge is 2.18. The van der Waals surface area contributed by atoms with Crippen LogP contribution in [0.5, 0.6) is 0 Å². The SMILES string of the molecule is CC(OC(=O)CCn1ccc2ccccc21)C(=O)Nc1ccc(C(N)=O)cc1. The number of primary amides is 1. The second kappa shape index (κ2) is 8.39. The van der Waals surface area contributed by atoms with Gasteiger partial charge >= 0.3 is 5.97 Å². The summed E-state index contributed by atoms with van der Waals surface area (Å²) in [5, 5.41) is 3.74. The van der Waals surface area contributed by atoms with Crippen LogP contribution in [-0.2, 0) is 20.9 Å². The van der Waals surface area contributed by atoms with Crippen molar-refractivity contribution in [2.45, 2.75) is 26.0 Å². The minimum absolute atomic E-state index is 0.156. The van der Waals surface area contributed by atoms with Gasteiger partial charge in [0.25, 0.3) is 5.91 Å². The zero-order chi connectivity index (χ0) is 20.1. The van der Waals surface area contributed by atoms with Crippen molar-refractivity contribution in [1.29, 1.82) is 0 Å². The predicted octanol–water partition coefficient (Wildman–Crippen LogP) is 2.70. The average Bonchev–Trinajstić information content (AvgIpc) is 3.10. The van der Waals surface area contributed by atoms with Crippen LogP contribution in [-0.4, -0.2) is 28.5 Å². The number of carbonyl (C=O) groups is 3. The van der Waals surface area contributed by atoms with Gasteiger partial charge in [-0.3, -0.25) is 14.4 Å². The smallest absolute Gasteiger partial charge is 0.308 e. The van der Waals surface area contributed by atoms with E-state index in [-0.39, 0.29) is 6.42 Å². The van der Waals surface area contributed by atoms with Gasteiger partial charge in [-0.15, -0.1) is 0 Å². The number of aryl methyl sites for hydroxylation is 1. The van der Waals surface area contributed by atoms with E-state index >= 15 is 0 Å². The number of nitrogens with one attached hydrogen (secondary N) is 1. The molecule has 0 aliphatic carbocycles. The average molecular weight is 379 g/mol. The predicted molar refractivity (Wildman–Crippen MR) is 106 cm³/mol. The standard InChI is InChI=1S/C21H21N3O4/c1-14(21(27)23-17-8-6-16(7-9-17)20(22)26)28-19(25)11-13-24-12-10-15-4-2-3-5-18(15)24/h2-10,12,14H,11,13H2,1H3,(H2,22,26)(H,23,27). The number of amides is 2. The van der Waals surface area contributed by atoms with Crippen molar-refractivity contribution in [3.63, 3.8) is 0 Å². The normalized spacial score (nSPS) is 11.8. The number of carbonyl (C=O) groups excluding carboxylic acids is 3. The maximum Gasteiger partial charge on any atom is 0.308 e. The minimum atomic E-state index is -0.940. The zero-order valence-corrected chi connectivity index (χ0v) is 15.4. The summed E-state index contributed by atoms with van der Waals surface area (Å²) in [6.07, 6.45) is 1.14. The van der Waals surface area contributed by atoms with Crippen LogP contribution in [0.2, 0.25) is 0 Å². The number of anilines is 1. The molecule has 3 N–H and O–H groups in total. The quantitative estimate of drug-likeness (QED) is 0.616. The van der Waals surface area contributed by atoms with Crippen molar-refractivity contribution in [1.82, 2.24) is 4.57 Å². The molecule has 28 heavy (non-hydrogen) atoms. The molecule has 2 amide bonds. The first kappa shape index (κ1) is 19.2. The second-order valence-electron chi connectivity index (χ2n) is 6.38. The summed E-state index contributed by atoms with van der Waals surface area (Å²) in [4.78, 5) is 35.3. The number of benzene rings is 2. The highest BCUT2D eigenvalue weighted by atomic mass is 16.5. The summed E-state index contributed by atoms with van der Waals surface area (Å²) < 4.78 is 7.19. The Morgan fingerprint density at radius 1 is 1.07 bits per heavy atom. The Morgan fingerprint density at radius 2 is 1.79 bits per heavy atom. The zero-order valence-electron chi connectivity index (χ0n) is 15.4. The minimum Gasteiger partial charge on any atom is -0.452 e. The number of esters is 1. The van der Waals surface area contributed by atoms with Gasteiger partial charge in [0.2, 0.25) is 5.91 Å². The lowest BCUT2D eigenvalue weighted by Crippen LogP contribution is -2.30. The fourth-order valence-corrected chi connectivity index (χ4v) is 2.82. The Bertz CT molecular complexity index is 1010. The molecule has 0 fully saturated rings. The van der Waals surface area contributed by atoms with Gasteiger partial charge in [0.05, 0.1) is 6.42 Å². The molecule has 7 heteroatoms. The first-order valence-electron chi connectivity index (χ1n) is 8.88. The van der Waals surface area contributed by atoms with Crippen molar-refractivity contribution < 1.29 is 19.1 Å². The maximum absolute atomic E-state index is 12.2. The number of rotatable bonds is 7. The van der Waals surface area contributed by atoms with Gasteiger partial charge in [-0.25, -0.2) is 0 Å². The Labute approximate surface area is 162 Å². The van der Waals surface area contributed by atoms with E-state index in [9.17, 15) is 14.4 Å². The van der Waals surface area contributed by atoms with Crippen molar-refractivity contribution in [3.05, 3.63) is 66.4 Å². The van der Waals surface area contributed by atoms with Crippen LogP contribution >= 0.6 is 0 Å².